The molecule has 0 N–H and O–H groups in total. The summed E-state index contributed by atoms with van der Waals surface area (Å²) in [7, 11) is 0. The molecule has 0 aliphatic carbocycles. The molecule has 112 valence electrons. The van der Waals surface area contributed by atoms with Crippen LogP contribution in [0.1, 0.15) is 41.5 Å². The fourth-order valence-corrected chi connectivity index (χ4v) is 0.566. The molecule has 0 aliphatic rings. The normalized spacial score (nSPS) is 8.40. The zero-order valence-electron chi connectivity index (χ0n) is 13.7. The monoisotopic (exact) mass is 275 g/mol. The van der Waals surface area contributed by atoms with Crippen LogP contribution in [0.3, 0.4) is 0 Å². The van der Waals surface area contributed by atoms with Gasteiger partial charge >= 0.3 is 0 Å². The number of nitrogens with zero attached hydrogens (tertiary/aromatic N) is 3. The van der Waals surface area contributed by atoms with E-state index in [0.717, 1.165) is 11.8 Å². The average molecular weight is 275 g/mol. The first-order valence-corrected chi connectivity index (χ1v) is 7.01. The SMILES string of the molecule is CC(C)C.CC(C)C.c1ccncc1.c1cncnc1. The van der Waals surface area contributed by atoms with Crippen molar-refractivity contribution < 1.29 is 0 Å². The summed E-state index contributed by atoms with van der Waals surface area (Å²) in [6.45, 7) is 13.0. The van der Waals surface area contributed by atoms with Crippen molar-refractivity contribution in [3.05, 3.63) is 55.4 Å². The van der Waals surface area contributed by atoms with Crippen molar-refractivity contribution in [2.45, 2.75) is 41.5 Å². The van der Waals surface area contributed by atoms with E-state index in [9.17, 15) is 0 Å². The summed E-state index contributed by atoms with van der Waals surface area (Å²) in [5.74, 6) is 1.67. The highest BCUT2D eigenvalue weighted by Crippen LogP contribution is 1.81. The quantitative estimate of drug-likeness (QED) is 0.687. The number of aromatic nitrogens is 3. The Hall–Kier alpha value is -1.77. The minimum absolute atomic E-state index is 0.833. The lowest BCUT2D eigenvalue weighted by Crippen LogP contribution is -1.66. The number of hydrogen-bond donors (Lipinski definition) is 0. The van der Waals surface area contributed by atoms with Gasteiger partial charge < -0.3 is 0 Å². The molecule has 0 fully saturated rings. The lowest BCUT2D eigenvalue weighted by Gasteiger charge is -1.79. The van der Waals surface area contributed by atoms with Gasteiger partial charge in [-0.05, 0) is 30.0 Å². The summed E-state index contributed by atoms with van der Waals surface area (Å²) in [4.78, 5) is 11.1. The van der Waals surface area contributed by atoms with Crippen molar-refractivity contribution >= 4 is 0 Å². The molecule has 3 nitrogen and oxygen atoms in total. The average Bonchev–Trinajstić information content (AvgIpc) is 2.42. The molecule has 0 saturated heterocycles. The lowest BCUT2D eigenvalue weighted by atomic mass is 10.3. The first-order chi connectivity index (χ1) is 9.46. The van der Waals surface area contributed by atoms with Crippen LogP contribution in [0.2, 0.25) is 0 Å². The van der Waals surface area contributed by atoms with E-state index >= 15 is 0 Å². The molecule has 2 rings (SSSR count). The fraction of sp³-hybridized carbons (Fsp3) is 0.471. The van der Waals surface area contributed by atoms with Gasteiger partial charge in [-0.15, -0.1) is 0 Å². The first kappa shape index (κ1) is 20.5. The Morgan fingerprint density at radius 3 is 0.950 bits per heavy atom. The minimum Gasteiger partial charge on any atom is -0.265 e. The predicted octanol–water partition coefficient (Wildman–Crippen LogP) is 4.88. The Morgan fingerprint density at radius 2 is 0.850 bits per heavy atom. The molecule has 0 aliphatic heterocycles. The number of rotatable bonds is 0. The molecule has 0 amide bonds. The van der Waals surface area contributed by atoms with Crippen LogP contribution in [0, 0.1) is 11.8 Å². The molecule has 3 heteroatoms. The summed E-state index contributed by atoms with van der Waals surface area (Å²) in [6, 6.07) is 7.49. The zero-order valence-corrected chi connectivity index (χ0v) is 13.7. The third-order valence-corrected chi connectivity index (χ3v) is 1.04. The van der Waals surface area contributed by atoms with Gasteiger partial charge in [0.15, 0.2) is 0 Å². The van der Waals surface area contributed by atoms with Crippen LogP contribution in [-0.4, -0.2) is 15.0 Å². The van der Waals surface area contributed by atoms with Gasteiger partial charge in [-0.25, -0.2) is 9.97 Å². The zero-order chi connectivity index (χ0) is 15.6. The van der Waals surface area contributed by atoms with Crippen LogP contribution in [0.25, 0.3) is 0 Å². The van der Waals surface area contributed by atoms with Crippen molar-refractivity contribution in [3.63, 3.8) is 0 Å². The van der Waals surface area contributed by atoms with Crippen molar-refractivity contribution in [1.82, 2.24) is 15.0 Å². The van der Waals surface area contributed by atoms with E-state index in [0.29, 0.717) is 0 Å². The fourth-order valence-electron chi connectivity index (χ4n) is 0.566. The highest BCUT2D eigenvalue weighted by atomic mass is 14.8. The van der Waals surface area contributed by atoms with Crippen LogP contribution in [0.5, 0.6) is 0 Å². The molecule has 0 saturated carbocycles. The maximum atomic E-state index is 3.78. The summed E-state index contributed by atoms with van der Waals surface area (Å²) in [5, 5.41) is 0. The Kier molecular flexibility index (Phi) is 17.7. The van der Waals surface area contributed by atoms with E-state index in [4.69, 9.17) is 0 Å². The van der Waals surface area contributed by atoms with E-state index < -0.39 is 0 Å². The summed E-state index contributed by atoms with van der Waals surface area (Å²) in [5.41, 5.74) is 0. The van der Waals surface area contributed by atoms with Crippen molar-refractivity contribution in [1.29, 1.82) is 0 Å². The molecule has 0 aromatic carbocycles. The number of hydrogen-bond acceptors (Lipinski definition) is 3. The lowest BCUT2D eigenvalue weighted by molar-refractivity contribution is 0.736. The van der Waals surface area contributed by atoms with Gasteiger partial charge in [0.25, 0.3) is 0 Å². The first-order valence-electron chi connectivity index (χ1n) is 7.01. The maximum absolute atomic E-state index is 3.78. The molecular formula is C17H29N3. The highest BCUT2D eigenvalue weighted by Gasteiger charge is 1.68. The highest BCUT2D eigenvalue weighted by molar-refractivity contribution is 4.88. The molecule has 0 unspecified atom stereocenters. The van der Waals surface area contributed by atoms with Crippen LogP contribution in [0.15, 0.2) is 55.4 Å². The van der Waals surface area contributed by atoms with E-state index in [1.54, 1.807) is 30.9 Å². The molecule has 2 aromatic heterocycles. The Labute approximate surface area is 124 Å². The van der Waals surface area contributed by atoms with Gasteiger partial charge in [-0.1, -0.05) is 47.6 Å². The van der Waals surface area contributed by atoms with Crippen LogP contribution in [-0.2, 0) is 0 Å². The third-order valence-electron chi connectivity index (χ3n) is 1.04. The molecule has 2 heterocycles. The van der Waals surface area contributed by atoms with Crippen LogP contribution < -0.4 is 0 Å². The van der Waals surface area contributed by atoms with Crippen LogP contribution in [0.4, 0.5) is 0 Å². The van der Waals surface area contributed by atoms with Gasteiger partial charge in [0.2, 0.25) is 0 Å². The standard InChI is InChI=1S/C5H5N.C4H4N2.2C4H10/c1-2-4-6-5-3-1;1-2-5-4-6-3-1;2*1-4(2)3/h1-5H;1-4H;2*4H,1-3H3. The predicted molar refractivity (Wildman–Crippen MR) is 87.3 cm³/mol. The Bertz CT molecular complexity index is 251. The summed E-state index contributed by atoms with van der Waals surface area (Å²) in [6.07, 6.45) is 8.38. The molecule has 20 heavy (non-hydrogen) atoms. The van der Waals surface area contributed by atoms with Gasteiger partial charge in [0, 0.05) is 24.8 Å². The minimum atomic E-state index is 0.833. The molecule has 0 radical (unpaired) electrons. The van der Waals surface area contributed by atoms with E-state index in [2.05, 4.69) is 56.5 Å². The molecule has 0 spiro atoms. The third kappa shape index (κ3) is 36.0. The van der Waals surface area contributed by atoms with E-state index in [1.165, 1.54) is 6.33 Å². The molecule has 2 aromatic rings. The van der Waals surface area contributed by atoms with E-state index in [-0.39, 0.29) is 0 Å². The molecule has 0 atom stereocenters. The smallest absolute Gasteiger partial charge is 0.115 e. The molecular weight excluding hydrogens is 246 g/mol. The second-order valence-electron chi connectivity index (χ2n) is 5.39. The van der Waals surface area contributed by atoms with Crippen molar-refractivity contribution in [2.24, 2.45) is 11.8 Å². The Morgan fingerprint density at radius 1 is 0.500 bits per heavy atom. The van der Waals surface area contributed by atoms with Gasteiger partial charge in [-0.2, -0.15) is 0 Å². The summed E-state index contributed by atoms with van der Waals surface area (Å²) >= 11 is 0. The molecule has 0 bridgehead atoms. The van der Waals surface area contributed by atoms with E-state index in [1.807, 2.05) is 18.2 Å². The van der Waals surface area contributed by atoms with Crippen LogP contribution >= 0.6 is 0 Å². The van der Waals surface area contributed by atoms with Gasteiger partial charge in [-0.3, -0.25) is 4.98 Å². The second-order valence-corrected chi connectivity index (χ2v) is 5.39. The second kappa shape index (κ2) is 17.2. The van der Waals surface area contributed by atoms with Crippen molar-refractivity contribution in [3.8, 4) is 0 Å². The topological polar surface area (TPSA) is 38.7 Å². The largest absolute Gasteiger partial charge is 0.265 e. The number of pyridine rings is 1. The van der Waals surface area contributed by atoms with Gasteiger partial charge in [0.05, 0.1) is 0 Å². The van der Waals surface area contributed by atoms with Gasteiger partial charge in [0.1, 0.15) is 6.33 Å². The van der Waals surface area contributed by atoms with Crippen molar-refractivity contribution in [2.75, 3.05) is 0 Å². The summed E-state index contributed by atoms with van der Waals surface area (Å²) < 4.78 is 0. The maximum Gasteiger partial charge on any atom is 0.115 e. The Balaban J connectivity index is 0.